The summed E-state index contributed by atoms with van der Waals surface area (Å²) < 4.78 is 4.98. The average Bonchev–Trinajstić information content (AvgIpc) is 2.14. The third kappa shape index (κ3) is 1.45. The molecule has 0 fully saturated rings. The van der Waals surface area contributed by atoms with Crippen LogP contribution in [-0.4, -0.2) is 4.98 Å². The summed E-state index contributed by atoms with van der Waals surface area (Å²) in [5, 5.41) is -0.126. The molecule has 0 unspecified atom stereocenters. The van der Waals surface area contributed by atoms with E-state index in [4.69, 9.17) is 16.0 Å². The van der Waals surface area contributed by atoms with E-state index in [2.05, 4.69) is 4.98 Å². The van der Waals surface area contributed by atoms with Crippen LogP contribution in [0.25, 0.3) is 0 Å². The highest BCUT2D eigenvalue weighted by Crippen LogP contribution is 2.17. The molecule has 50 valence electrons. The van der Waals surface area contributed by atoms with Gasteiger partial charge >= 0.3 is 0 Å². The first-order valence-corrected chi connectivity index (χ1v) is 3.20. The van der Waals surface area contributed by atoms with Crippen LogP contribution in [0.5, 0.6) is 0 Å². The van der Waals surface area contributed by atoms with Crippen LogP contribution in [0.2, 0.25) is 0 Å². The van der Waals surface area contributed by atoms with E-state index in [9.17, 15) is 0 Å². The van der Waals surface area contributed by atoms with Crippen molar-refractivity contribution in [3.8, 4) is 0 Å². The third-order valence-corrected chi connectivity index (χ3v) is 1.16. The molecule has 0 radical (unpaired) electrons. The fourth-order valence-electron chi connectivity index (χ4n) is 0.555. The maximum Gasteiger partial charge on any atom is 0.211 e. The zero-order chi connectivity index (χ0) is 6.85. The van der Waals surface area contributed by atoms with E-state index in [0.717, 1.165) is 5.69 Å². The number of hydrogen-bond donors (Lipinski definition) is 0. The molecule has 1 aromatic heterocycles. The molecule has 0 bridgehead atoms. The number of nitrogens with zero attached hydrogens (tertiary/aromatic N) is 1. The molecule has 0 aromatic carbocycles. The highest BCUT2D eigenvalue weighted by atomic mass is 35.5. The van der Waals surface area contributed by atoms with E-state index >= 15 is 0 Å². The van der Waals surface area contributed by atoms with Crippen molar-refractivity contribution >= 4 is 11.6 Å². The first-order chi connectivity index (χ1) is 4.20. The topological polar surface area (TPSA) is 26.0 Å². The minimum atomic E-state index is -0.126. The predicted molar refractivity (Wildman–Crippen MR) is 35.5 cm³/mol. The van der Waals surface area contributed by atoms with E-state index in [1.54, 1.807) is 6.26 Å². The average molecular weight is 146 g/mol. The smallest absolute Gasteiger partial charge is 0.211 e. The number of rotatable bonds is 1. The third-order valence-electron chi connectivity index (χ3n) is 0.977. The summed E-state index contributed by atoms with van der Waals surface area (Å²) in [6, 6.07) is 0. The molecule has 0 saturated carbocycles. The Kier molecular flexibility index (Phi) is 1.76. The molecule has 1 heterocycles. The number of halogens is 1. The SMILES string of the molecule is Cc1coc([C@@H](C)Cl)n1. The van der Waals surface area contributed by atoms with Gasteiger partial charge in [-0.15, -0.1) is 11.6 Å². The minimum Gasteiger partial charge on any atom is -0.447 e. The van der Waals surface area contributed by atoms with E-state index < -0.39 is 0 Å². The Morgan fingerprint density at radius 1 is 1.78 bits per heavy atom. The molecule has 1 rings (SSSR count). The summed E-state index contributed by atoms with van der Waals surface area (Å²) in [6.45, 7) is 3.69. The molecule has 0 N–H and O–H groups in total. The van der Waals surface area contributed by atoms with Crippen LogP contribution in [-0.2, 0) is 0 Å². The summed E-state index contributed by atoms with van der Waals surface area (Å²) in [4.78, 5) is 4.01. The van der Waals surface area contributed by atoms with Crippen molar-refractivity contribution in [3.05, 3.63) is 17.8 Å². The van der Waals surface area contributed by atoms with Crippen molar-refractivity contribution in [3.63, 3.8) is 0 Å². The van der Waals surface area contributed by atoms with Gasteiger partial charge in [0.25, 0.3) is 0 Å². The molecule has 1 atom stereocenters. The highest BCUT2D eigenvalue weighted by molar-refractivity contribution is 6.20. The van der Waals surface area contributed by atoms with E-state index in [-0.39, 0.29) is 5.38 Å². The second-order valence-corrected chi connectivity index (χ2v) is 2.60. The largest absolute Gasteiger partial charge is 0.447 e. The second-order valence-electron chi connectivity index (χ2n) is 1.94. The lowest BCUT2D eigenvalue weighted by Crippen LogP contribution is -1.82. The first-order valence-electron chi connectivity index (χ1n) is 2.76. The number of aromatic nitrogens is 1. The lowest BCUT2D eigenvalue weighted by Gasteiger charge is -1.90. The maximum absolute atomic E-state index is 5.66. The van der Waals surface area contributed by atoms with E-state index in [0.29, 0.717) is 5.89 Å². The van der Waals surface area contributed by atoms with Gasteiger partial charge in [0.2, 0.25) is 5.89 Å². The molecule has 0 amide bonds. The molecule has 0 aliphatic carbocycles. The molecular weight excluding hydrogens is 138 g/mol. The van der Waals surface area contributed by atoms with Crippen molar-refractivity contribution in [2.75, 3.05) is 0 Å². The monoisotopic (exact) mass is 145 g/mol. The van der Waals surface area contributed by atoms with Gasteiger partial charge in [-0.1, -0.05) is 0 Å². The van der Waals surface area contributed by atoms with Gasteiger partial charge in [0, 0.05) is 0 Å². The number of oxazole rings is 1. The Labute approximate surface area is 58.8 Å². The van der Waals surface area contributed by atoms with Gasteiger partial charge < -0.3 is 4.42 Å². The minimum absolute atomic E-state index is 0.126. The second kappa shape index (κ2) is 2.40. The van der Waals surface area contributed by atoms with Crippen molar-refractivity contribution in [1.29, 1.82) is 0 Å². The molecule has 0 spiro atoms. The molecule has 0 aliphatic rings. The summed E-state index contributed by atoms with van der Waals surface area (Å²) in [6.07, 6.45) is 1.59. The lowest BCUT2D eigenvalue weighted by atomic mass is 10.5. The van der Waals surface area contributed by atoms with Crippen LogP contribution >= 0.6 is 11.6 Å². The summed E-state index contributed by atoms with van der Waals surface area (Å²) >= 11 is 5.66. The van der Waals surface area contributed by atoms with Gasteiger partial charge in [0.05, 0.1) is 5.69 Å². The molecule has 1 aromatic rings. The standard InChI is InChI=1S/C6H8ClNO/c1-4-3-9-6(8-4)5(2)7/h3,5H,1-2H3/t5-/m1/s1. The van der Waals surface area contributed by atoms with Crippen LogP contribution in [0.4, 0.5) is 0 Å². The molecule has 0 aliphatic heterocycles. The van der Waals surface area contributed by atoms with Crippen molar-refractivity contribution in [2.45, 2.75) is 19.2 Å². The zero-order valence-electron chi connectivity index (χ0n) is 5.39. The number of hydrogen-bond acceptors (Lipinski definition) is 2. The Bertz CT molecular complexity index is 195. The van der Waals surface area contributed by atoms with Gasteiger partial charge in [-0.3, -0.25) is 0 Å². The van der Waals surface area contributed by atoms with Crippen LogP contribution in [0.3, 0.4) is 0 Å². The van der Waals surface area contributed by atoms with Crippen LogP contribution in [0, 0.1) is 6.92 Å². The molecule has 3 heteroatoms. The Balaban J connectivity index is 2.85. The van der Waals surface area contributed by atoms with Crippen molar-refractivity contribution in [1.82, 2.24) is 4.98 Å². The molecule has 2 nitrogen and oxygen atoms in total. The number of alkyl halides is 1. The van der Waals surface area contributed by atoms with Gasteiger partial charge in [0.15, 0.2) is 0 Å². The highest BCUT2D eigenvalue weighted by Gasteiger charge is 2.05. The fourth-order valence-corrected chi connectivity index (χ4v) is 0.655. The van der Waals surface area contributed by atoms with E-state index in [1.807, 2.05) is 13.8 Å². The van der Waals surface area contributed by atoms with Gasteiger partial charge in [-0.05, 0) is 13.8 Å². The first kappa shape index (κ1) is 6.62. The van der Waals surface area contributed by atoms with Crippen molar-refractivity contribution in [2.24, 2.45) is 0 Å². The Morgan fingerprint density at radius 3 is 2.67 bits per heavy atom. The molecular formula is C6H8ClNO. The van der Waals surface area contributed by atoms with Gasteiger partial charge in [-0.25, -0.2) is 4.98 Å². The van der Waals surface area contributed by atoms with E-state index in [1.165, 1.54) is 0 Å². The van der Waals surface area contributed by atoms with Crippen molar-refractivity contribution < 1.29 is 4.42 Å². The normalized spacial score (nSPS) is 13.7. The predicted octanol–water partition coefficient (Wildman–Crippen LogP) is 2.28. The number of aryl methyl sites for hydroxylation is 1. The summed E-state index contributed by atoms with van der Waals surface area (Å²) in [7, 11) is 0. The van der Waals surface area contributed by atoms with Crippen LogP contribution < -0.4 is 0 Å². The maximum atomic E-state index is 5.66. The van der Waals surface area contributed by atoms with Gasteiger partial charge in [-0.2, -0.15) is 0 Å². The lowest BCUT2D eigenvalue weighted by molar-refractivity contribution is 0.496. The quantitative estimate of drug-likeness (QED) is 0.567. The summed E-state index contributed by atoms with van der Waals surface area (Å²) in [5.74, 6) is 0.592. The summed E-state index contributed by atoms with van der Waals surface area (Å²) in [5.41, 5.74) is 0.873. The fraction of sp³-hybridized carbons (Fsp3) is 0.500. The van der Waals surface area contributed by atoms with Crippen LogP contribution in [0.15, 0.2) is 10.7 Å². The van der Waals surface area contributed by atoms with Crippen LogP contribution in [0.1, 0.15) is 23.9 Å². The van der Waals surface area contributed by atoms with Gasteiger partial charge in [0.1, 0.15) is 11.6 Å². The molecule has 9 heavy (non-hydrogen) atoms. The molecule has 0 saturated heterocycles. The zero-order valence-corrected chi connectivity index (χ0v) is 6.14. The Hall–Kier alpha value is -0.500. The Morgan fingerprint density at radius 2 is 2.44 bits per heavy atom.